The third-order valence-corrected chi connectivity index (χ3v) is 2.14. The molecule has 1 atom stereocenters. The molecule has 0 bridgehead atoms. The zero-order chi connectivity index (χ0) is 11.4. The number of carbonyl (C=O) groups is 1. The number of hydrogen-bond acceptors (Lipinski definition) is 2. The second-order valence-corrected chi connectivity index (χ2v) is 3.06. The van der Waals surface area contributed by atoms with E-state index in [0.29, 0.717) is 0 Å². The number of aliphatic carboxylic acids is 1. The van der Waals surface area contributed by atoms with Gasteiger partial charge in [0.05, 0.1) is 5.92 Å². The highest BCUT2D eigenvalue weighted by Gasteiger charge is 2.23. The van der Waals surface area contributed by atoms with E-state index in [9.17, 15) is 13.6 Å². The van der Waals surface area contributed by atoms with Gasteiger partial charge in [-0.15, -0.1) is 0 Å². The number of carboxylic acid groups (broad SMARTS) is 1. The Labute approximate surface area is 85.5 Å². The lowest BCUT2D eigenvalue weighted by molar-refractivity contribution is -0.138. The minimum absolute atomic E-state index is 0.0856. The van der Waals surface area contributed by atoms with E-state index in [1.807, 2.05) is 0 Å². The Bertz CT molecular complexity index is 355. The zero-order valence-electron chi connectivity index (χ0n) is 7.86. The van der Waals surface area contributed by atoms with E-state index in [-0.39, 0.29) is 17.7 Å². The van der Waals surface area contributed by atoms with Gasteiger partial charge in [0, 0.05) is 12.1 Å². The lowest BCUT2D eigenvalue weighted by Gasteiger charge is -2.14. The van der Waals surface area contributed by atoms with Crippen LogP contribution in [0.1, 0.15) is 23.5 Å². The fourth-order valence-electron chi connectivity index (χ4n) is 1.39. The highest BCUT2D eigenvalue weighted by atomic mass is 19.3. The van der Waals surface area contributed by atoms with E-state index in [1.165, 1.54) is 24.3 Å². The summed E-state index contributed by atoms with van der Waals surface area (Å²) in [6, 6.07) is 5.55. The van der Waals surface area contributed by atoms with Crippen molar-refractivity contribution >= 4 is 5.97 Å². The van der Waals surface area contributed by atoms with Crippen molar-refractivity contribution in [2.75, 3.05) is 6.54 Å². The summed E-state index contributed by atoms with van der Waals surface area (Å²) < 4.78 is 25.1. The molecule has 0 radical (unpaired) electrons. The van der Waals surface area contributed by atoms with Crippen LogP contribution in [0, 0.1) is 0 Å². The molecule has 1 unspecified atom stereocenters. The molecule has 0 saturated heterocycles. The molecule has 1 aromatic carbocycles. The van der Waals surface area contributed by atoms with Gasteiger partial charge in [-0.1, -0.05) is 24.3 Å². The van der Waals surface area contributed by atoms with Crippen molar-refractivity contribution in [3.8, 4) is 0 Å². The number of carboxylic acids is 1. The molecule has 15 heavy (non-hydrogen) atoms. The minimum atomic E-state index is -2.69. The molecular formula is C10H11F2NO2. The highest BCUT2D eigenvalue weighted by molar-refractivity contribution is 5.77. The van der Waals surface area contributed by atoms with Crippen molar-refractivity contribution in [1.82, 2.24) is 0 Å². The molecule has 0 aliphatic heterocycles. The summed E-state index contributed by atoms with van der Waals surface area (Å²) in [5.41, 5.74) is 5.07. The first kappa shape index (κ1) is 11.6. The van der Waals surface area contributed by atoms with Crippen molar-refractivity contribution in [3.63, 3.8) is 0 Å². The summed E-state index contributed by atoms with van der Waals surface area (Å²) in [6.07, 6.45) is -2.69. The van der Waals surface area contributed by atoms with Crippen LogP contribution in [0.2, 0.25) is 0 Å². The molecule has 0 heterocycles. The molecule has 5 heteroatoms. The maximum absolute atomic E-state index is 12.6. The number of alkyl halides is 2. The maximum Gasteiger partial charge on any atom is 0.312 e. The zero-order valence-corrected chi connectivity index (χ0v) is 7.86. The topological polar surface area (TPSA) is 63.3 Å². The Kier molecular flexibility index (Phi) is 3.74. The summed E-state index contributed by atoms with van der Waals surface area (Å²) in [6.45, 7) is -0.195. The van der Waals surface area contributed by atoms with E-state index in [4.69, 9.17) is 10.8 Å². The molecule has 0 amide bonds. The Balaban J connectivity index is 3.16. The summed E-state index contributed by atoms with van der Waals surface area (Å²) in [5.74, 6) is -2.26. The van der Waals surface area contributed by atoms with Gasteiger partial charge in [-0.2, -0.15) is 0 Å². The SMILES string of the molecule is NCC(C(=O)O)c1ccccc1C(F)F. The van der Waals surface area contributed by atoms with E-state index in [1.54, 1.807) is 0 Å². The molecule has 0 fully saturated rings. The molecule has 1 aromatic rings. The maximum atomic E-state index is 12.6. The summed E-state index contributed by atoms with van der Waals surface area (Å²) in [7, 11) is 0. The number of nitrogens with two attached hydrogens (primary N) is 1. The first-order chi connectivity index (χ1) is 7.07. The molecule has 1 rings (SSSR count). The molecular weight excluding hydrogens is 204 g/mol. The van der Waals surface area contributed by atoms with Crippen molar-refractivity contribution in [2.45, 2.75) is 12.3 Å². The molecule has 0 saturated carbocycles. The van der Waals surface area contributed by atoms with Crippen LogP contribution in [0.25, 0.3) is 0 Å². The predicted octanol–water partition coefficient (Wildman–Crippen LogP) is 1.75. The van der Waals surface area contributed by atoms with Gasteiger partial charge in [-0.25, -0.2) is 8.78 Å². The summed E-state index contributed by atoms with van der Waals surface area (Å²) >= 11 is 0. The molecule has 0 aromatic heterocycles. The van der Waals surface area contributed by atoms with Crippen molar-refractivity contribution in [3.05, 3.63) is 35.4 Å². The van der Waals surface area contributed by atoms with Crippen LogP contribution in [0.4, 0.5) is 8.78 Å². The Morgan fingerprint density at radius 3 is 2.27 bits per heavy atom. The molecule has 3 N–H and O–H groups in total. The van der Waals surface area contributed by atoms with Crippen LogP contribution in [0.3, 0.4) is 0 Å². The van der Waals surface area contributed by atoms with Crippen LogP contribution in [0.15, 0.2) is 24.3 Å². The first-order valence-corrected chi connectivity index (χ1v) is 4.37. The van der Waals surface area contributed by atoms with Crippen LogP contribution >= 0.6 is 0 Å². The fraction of sp³-hybridized carbons (Fsp3) is 0.300. The van der Waals surface area contributed by atoms with Crippen molar-refractivity contribution < 1.29 is 18.7 Å². The Hall–Kier alpha value is -1.49. The summed E-state index contributed by atoms with van der Waals surface area (Å²) in [5, 5.41) is 8.81. The van der Waals surface area contributed by atoms with Gasteiger partial charge in [0.25, 0.3) is 6.43 Å². The monoisotopic (exact) mass is 215 g/mol. The Morgan fingerprint density at radius 2 is 1.87 bits per heavy atom. The largest absolute Gasteiger partial charge is 0.481 e. The van der Waals surface area contributed by atoms with Crippen molar-refractivity contribution in [2.24, 2.45) is 5.73 Å². The van der Waals surface area contributed by atoms with Gasteiger partial charge < -0.3 is 10.8 Å². The number of benzene rings is 1. The first-order valence-electron chi connectivity index (χ1n) is 4.37. The van der Waals surface area contributed by atoms with Gasteiger partial charge >= 0.3 is 5.97 Å². The molecule has 0 aliphatic carbocycles. The lowest BCUT2D eigenvalue weighted by Crippen LogP contribution is -2.22. The summed E-state index contributed by atoms with van der Waals surface area (Å²) in [4.78, 5) is 10.8. The van der Waals surface area contributed by atoms with E-state index < -0.39 is 18.3 Å². The van der Waals surface area contributed by atoms with Gasteiger partial charge in [0.15, 0.2) is 0 Å². The van der Waals surface area contributed by atoms with Crippen molar-refractivity contribution in [1.29, 1.82) is 0 Å². The van der Waals surface area contributed by atoms with Crippen LogP contribution < -0.4 is 5.73 Å². The lowest BCUT2D eigenvalue weighted by atomic mass is 9.94. The second-order valence-electron chi connectivity index (χ2n) is 3.06. The van der Waals surface area contributed by atoms with E-state index >= 15 is 0 Å². The normalized spacial score (nSPS) is 12.8. The molecule has 3 nitrogen and oxygen atoms in total. The number of halogens is 2. The standard InChI is InChI=1S/C10H11F2NO2/c11-9(12)7-4-2-1-3-6(7)8(5-13)10(14)15/h1-4,8-9H,5,13H2,(H,14,15). The van der Waals surface area contributed by atoms with Crippen LogP contribution in [-0.4, -0.2) is 17.6 Å². The average molecular weight is 215 g/mol. The smallest absolute Gasteiger partial charge is 0.312 e. The van der Waals surface area contributed by atoms with Gasteiger partial charge in [-0.05, 0) is 5.56 Å². The van der Waals surface area contributed by atoms with Gasteiger partial charge in [0.2, 0.25) is 0 Å². The van der Waals surface area contributed by atoms with Gasteiger partial charge in [-0.3, -0.25) is 4.79 Å². The molecule has 82 valence electrons. The van der Waals surface area contributed by atoms with Gasteiger partial charge in [0.1, 0.15) is 0 Å². The Morgan fingerprint density at radius 1 is 1.33 bits per heavy atom. The van der Waals surface area contributed by atoms with Crippen LogP contribution in [-0.2, 0) is 4.79 Å². The molecule has 0 aliphatic rings. The van der Waals surface area contributed by atoms with Crippen LogP contribution in [0.5, 0.6) is 0 Å². The third kappa shape index (κ3) is 2.50. The minimum Gasteiger partial charge on any atom is -0.481 e. The number of rotatable bonds is 4. The number of hydrogen-bond donors (Lipinski definition) is 2. The second kappa shape index (κ2) is 4.84. The fourth-order valence-corrected chi connectivity index (χ4v) is 1.39. The van der Waals surface area contributed by atoms with E-state index in [0.717, 1.165) is 0 Å². The predicted molar refractivity (Wildman–Crippen MR) is 50.8 cm³/mol. The average Bonchev–Trinajstić information content (AvgIpc) is 2.18. The quantitative estimate of drug-likeness (QED) is 0.804. The highest BCUT2D eigenvalue weighted by Crippen LogP contribution is 2.28. The molecule has 0 spiro atoms. The van der Waals surface area contributed by atoms with E-state index in [2.05, 4.69) is 0 Å². The third-order valence-electron chi connectivity index (χ3n) is 2.14.